The van der Waals surface area contributed by atoms with E-state index >= 15 is 0 Å². The van der Waals surface area contributed by atoms with E-state index in [9.17, 15) is 19.5 Å². The lowest BCUT2D eigenvalue weighted by molar-refractivity contribution is -0.142. The summed E-state index contributed by atoms with van der Waals surface area (Å²) >= 11 is 0. The smallest absolute Gasteiger partial charge is 0.411 e. The van der Waals surface area contributed by atoms with Gasteiger partial charge in [0.2, 0.25) is 0 Å². The number of likely N-dealkylation sites (tertiary alicyclic amines) is 1. The molecule has 2 heterocycles. The molecule has 0 aromatic carbocycles. The van der Waals surface area contributed by atoms with Crippen molar-refractivity contribution in [3.05, 3.63) is 0 Å². The van der Waals surface area contributed by atoms with Crippen molar-refractivity contribution in [1.82, 2.24) is 4.90 Å². The molecule has 1 fully saturated rings. The number of carbonyl (C=O) groups excluding carboxylic acids is 1. The number of oxime groups is 1. The lowest BCUT2D eigenvalue weighted by Gasteiger charge is -2.27. The molecule has 9 nitrogen and oxygen atoms in total. The lowest BCUT2D eigenvalue weighted by Crippen LogP contribution is -2.44. The van der Waals surface area contributed by atoms with Gasteiger partial charge in [0.1, 0.15) is 11.6 Å². The molecule has 9 heteroatoms. The first kappa shape index (κ1) is 16.1. The van der Waals surface area contributed by atoms with Gasteiger partial charge in [-0.15, -0.1) is 0 Å². The fourth-order valence-corrected chi connectivity index (χ4v) is 2.51. The highest BCUT2D eigenvalue weighted by Gasteiger charge is 2.55. The van der Waals surface area contributed by atoms with Gasteiger partial charge in [0, 0.05) is 12.8 Å². The summed E-state index contributed by atoms with van der Waals surface area (Å²) in [5.41, 5.74) is -2.07. The summed E-state index contributed by atoms with van der Waals surface area (Å²) in [6.45, 7) is 4.93. The maximum atomic E-state index is 12.2. The molecule has 0 aliphatic carbocycles. The SMILES string of the molecule is CC(C)(C)OC(=O)N1C[C@@]2(CC(C(=O)O)=NO2)C[C@H]1C(=O)O. The number of hydrogen-bond acceptors (Lipinski definition) is 6. The van der Waals surface area contributed by atoms with Crippen LogP contribution in [0.15, 0.2) is 5.16 Å². The number of rotatable bonds is 2. The topological polar surface area (TPSA) is 126 Å². The van der Waals surface area contributed by atoms with E-state index in [4.69, 9.17) is 14.7 Å². The molecule has 0 unspecified atom stereocenters. The number of hydrogen-bond donors (Lipinski definition) is 2. The molecule has 1 amide bonds. The Morgan fingerprint density at radius 1 is 1.36 bits per heavy atom. The minimum absolute atomic E-state index is 0.0398. The van der Waals surface area contributed by atoms with Gasteiger partial charge in [0.25, 0.3) is 0 Å². The zero-order valence-electron chi connectivity index (χ0n) is 12.5. The Labute approximate surface area is 126 Å². The molecule has 2 aliphatic heterocycles. The molecule has 0 aromatic rings. The first-order valence-corrected chi connectivity index (χ1v) is 6.74. The van der Waals surface area contributed by atoms with Crippen molar-refractivity contribution in [3.8, 4) is 0 Å². The minimum atomic E-state index is -1.22. The zero-order chi connectivity index (χ0) is 16.7. The molecule has 1 saturated heterocycles. The summed E-state index contributed by atoms with van der Waals surface area (Å²) in [5.74, 6) is -2.42. The van der Waals surface area contributed by atoms with Crippen LogP contribution in [0.1, 0.15) is 33.6 Å². The number of aliphatic carboxylic acids is 2. The lowest BCUT2D eigenvalue weighted by atomic mass is 9.94. The fraction of sp³-hybridized carbons (Fsp3) is 0.692. The number of amides is 1. The van der Waals surface area contributed by atoms with Crippen molar-refractivity contribution in [2.75, 3.05) is 6.54 Å². The molecular formula is C13H18N2O7. The van der Waals surface area contributed by atoms with Crippen LogP contribution >= 0.6 is 0 Å². The average Bonchev–Trinajstić information content (AvgIpc) is 2.93. The van der Waals surface area contributed by atoms with Crippen LogP contribution in [0.5, 0.6) is 0 Å². The number of nitrogens with zero attached hydrogens (tertiary/aromatic N) is 2. The number of ether oxygens (including phenoxy) is 1. The second-order valence-electron chi connectivity index (χ2n) is 6.46. The molecule has 2 atom stereocenters. The van der Waals surface area contributed by atoms with Crippen molar-refractivity contribution in [3.63, 3.8) is 0 Å². The number of carboxylic acids is 2. The Hall–Kier alpha value is -2.32. The molecule has 0 aromatic heterocycles. The molecule has 1 spiro atoms. The van der Waals surface area contributed by atoms with Crippen LogP contribution in [0.4, 0.5) is 4.79 Å². The monoisotopic (exact) mass is 314 g/mol. The maximum Gasteiger partial charge on any atom is 0.411 e. The first-order chi connectivity index (χ1) is 10.0. The third-order valence-electron chi connectivity index (χ3n) is 3.40. The van der Waals surface area contributed by atoms with Crippen LogP contribution in [-0.2, 0) is 19.2 Å². The van der Waals surface area contributed by atoms with Crippen LogP contribution in [-0.4, -0.2) is 62.6 Å². The highest BCUT2D eigenvalue weighted by atomic mass is 16.7. The van der Waals surface area contributed by atoms with Crippen molar-refractivity contribution in [2.45, 2.75) is 50.9 Å². The van der Waals surface area contributed by atoms with E-state index in [0.717, 1.165) is 4.90 Å². The largest absolute Gasteiger partial charge is 0.480 e. The van der Waals surface area contributed by atoms with E-state index in [-0.39, 0.29) is 25.1 Å². The summed E-state index contributed by atoms with van der Waals surface area (Å²) in [6.07, 6.45) is -0.864. The molecule has 2 N–H and O–H groups in total. The number of carboxylic acid groups (broad SMARTS) is 2. The Balaban J connectivity index is 2.16. The summed E-state index contributed by atoms with van der Waals surface area (Å²) < 4.78 is 5.19. The molecule has 122 valence electrons. The van der Waals surface area contributed by atoms with Gasteiger partial charge in [-0.25, -0.2) is 14.4 Å². The highest BCUT2D eigenvalue weighted by molar-refractivity contribution is 6.36. The van der Waals surface area contributed by atoms with E-state index in [1.54, 1.807) is 20.8 Å². The van der Waals surface area contributed by atoms with Crippen LogP contribution < -0.4 is 0 Å². The Morgan fingerprint density at radius 2 is 2.00 bits per heavy atom. The molecule has 0 saturated carbocycles. The maximum absolute atomic E-state index is 12.2. The van der Waals surface area contributed by atoms with Crippen molar-refractivity contribution in [2.24, 2.45) is 5.16 Å². The minimum Gasteiger partial charge on any atom is -0.480 e. The Bertz CT molecular complexity index is 551. The highest BCUT2D eigenvalue weighted by Crippen LogP contribution is 2.38. The molecule has 0 radical (unpaired) electrons. The van der Waals surface area contributed by atoms with Gasteiger partial charge >= 0.3 is 18.0 Å². The molecule has 2 aliphatic rings. The summed E-state index contributed by atoms with van der Waals surface area (Å²) in [6, 6.07) is -1.14. The fourth-order valence-electron chi connectivity index (χ4n) is 2.51. The van der Waals surface area contributed by atoms with Crippen LogP contribution in [0.3, 0.4) is 0 Å². The van der Waals surface area contributed by atoms with Crippen LogP contribution in [0.25, 0.3) is 0 Å². The molecule has 22 heavy (non-hydrogen) atoms. The number of carbonyl (C=O) groups is 3. The normalized spacial score (nSPS) is 27.5. The third kappa shape index (κ3) is 3.12. The Morgan fingerprint density at radius 3 is 2.45 bits per heavy atom. The predicted octanol–water partition coefficient (Wildman–Crippen LogP) is 0.680. The molecule has 2 rings (SSSR count). The van der Waals surface area contributed by atoms with Crippen molar-refractivity contribution >= 4 is 23.7 Å². The van der Waals surface area contributed by atoms with Gasteiger partial charge in [-0.05, 0) is 20.8 Å². The molecular weight excluding hydrogens is 296 g/mol. The van der Waals surface area contributed by atoms with E-state index in [1.807, 2.05) is 0 Å². The van der Waals surface area contributed by atoms with E-state index < -0.39 is 35.3 Å². The quantitative estimate of drug-likeness (QED) is 0.767. The van der Waals surface area contributed by atoms with Gasteiger partial charge in [0.05, 0.1) is 6.54 Å². The summed E-state index contributed by atoms with van der Waals surface area (Å²) in [5, 5.41) is 21.7. The van der Waals surface area contributed by atoms with Gasteiger partial charge in [-0.3, -0.25) is 4.90 Å². The van der Waals surface area contributed by atoms with Crippen molar-refractivity contribution < 1.29 is 34.2 Å². The summed E-state index contributed by atoms with van der Waals surface area (Å²) in [7, 11) is 0. The predicted molar refractivity (Wildman–Crippen MR) is 72.5 cm³/mol. The van der Waals surface area contributed by atoms with Gasteiger partial charge in [0.15, 0.2) is 11.3 Å². The Kier molecular flexibility index (Phi) is 3.76. The zero-order valence-corrected chi connectivity index (χ0v) is 12.5. The summed E-state index contributed by atoms with van der Waals surface area (Å²) in [4.78, 5) is 40.7. The van der Waals surface area contributed by atoms with E-state index in [2.05, 4.69) is 5.16 Å². The van der Waals surface area contributed by atoms with Crippen LogP contribution in [0.2, 0.25) is 0 Å². The second-order valence-corrected chi connectivity index (χ2v) is 6.46. The van der Waals surface area contributed by atoms with Gasteiger partial charge in [-0.2, -0.15) is 0 Å². The second kappa shape index (κ2) is 5.15. The van der Waals surface area contributed by atoms with Crippen molar-refractivity contribution in [1.29, 1.82) is 0 Å². The van der Waals surface area contributed by atoms with Gasteiger partial charge < -0.3 is 19.8 Å². The average molecular weight is 314 g/mol. The standard InChI is InChI=1S/C13H18N2O7/c1-12(2,3)21-11(20)15-6-13(5-8(15)10(18)19)4-7(9(16)17)14-22-13/h8H,4-6H2,1-3H3,(H,16,17)(H,18,19)/t8-,13+/m0/s1. The molecule has 0 bridgehead atoms. The van der Waals surface area contributed by atoms with Gasteiger partial charge in [-0.1, -0.05) is 5.16 Å². The van der Waals surface area contributed by atoms with Crippen LogP contribution in [0, 0.1) is 0 Å². The first-order valence-electron chi connectivity index (χ1n) is 6.74. The van der Waals surface area contributed by atoms with E-state index in [0.29, 0.717) is 0 Å². The third-order valence-corrected chi connectivity index (χ3v) is 3.40. The van der Waals surface area contributed by atoms with E-state index in [1.165, 1.54) is 0 Å².